The van der Waals surface area contributed by atoms with Crippen molar-refractivity contribution in [1.29, 1.82) is 0 Å². The van der Waals surface area contributed by atoms with Crippen LogP contribution in [-0.2, 0) is 4.74 Å². The Balaban J connectivity index is 1.73. The van der Waals surface area contributed by atoms with Gasteiger partial charge in [0.25, 0.3) is 0 Å². The Bertz CT molecular complexity index is 921. The first kappa shape index (κ1) is 19.9. The van der Waals surface area contributed by atoms with E-state index in [1.54, 1.807) is 26.0 Å². The molecule has 0 aliphatic carbocycles. The van der Waals surface area contributed by atoms with Gasteiger partial charge >= 0.3 is 12.1 Å². The molecule has 0 amide bonds. The normalized spacial score (nSPS) is 18.9. The van der Waals surface area contributed by atoms with Crippen LogP contribution in [-0.4, -0.2) is 40.4 Å². The predicted octanol–water partition coefficient (Wildman–Crippen LogP) is 3.85. The maximum absolute atomic E-state index is 13.3. The Morgan fingerprint density at radius 3 is 2.64 bits per heavy atom. The molecule has 1 N–H and O–H groups in total. The molecule has 2 heterocycles. The third kappa shape index (κ3) is 4.02. The number of nitrogens with one attached hydrogen (secondary N) is 1. The number of aromatic nitrogens is 2. The molecule has 0 saturated carbocycles. The summed E-state index contributed by atoms with van der Waals surface area (Å²) in [5.41, 5.74) is 1.90. The van der Waals surface area contributed by atoms with Gasteiger partial charge in [-0.15, -0.1) is 0 Å². The van der Waals surface area contributed by atoms with Gasteiger partial charge in [-0.1, -0.05) is 23.8 Å². The highest BCUT2D eigenvalue weighted by Crippen LogP contribution is 2.39. The Kier molecular flexibility index (Phi) is 5.18. The van der Waals surface area contributed by atoms with E-state index in [2.05, 4.69) is 10.4 Å². The van der Waals surface area contributed by atoms with Gasteiger partial charge in [0, 0.05) is 17.7 Å². The number of aryl methyl sites for hydroxylation is 2. The van der Waals surface area contributed by atoms with Gasteiger partial charge in [-0.25, -0.2) is 9.48 Å². The predicted molar refractivity (Wildman–Crippen MR) is 95.5 cm³/mol. The van der Waals surface area contributed by atoms with Crippen molar-refractivity contribution < 1.29 is 27.5 Å². The Morgan fingerprint density at radius 1 is 1.29 bits per heavy atom. The summed E-state index contributed by atoms with van der Waals surface area (Å²) >= 11 is 0. The zero-order valence-corrected chi connectivity index (χ0v) is 15.6. The fourth-order valence-electron chi connectivity index (χ4n) is 3.27. The monoisotopic (exact) mass is 395 g/mol. The topological polar surface area (TPSA) is 73.2 Å². The van der Waals surface area contributed by atoms with Crippen molar-refractivity contribution in [1.82, 2.24) is 9.78 Å². The second kappa shape index (κ2) is 7.29. The van der Waals surface area contributed by atoms with Crippen molar-refractivity contribution in [3.63, 3.8) is 0 Å². The number of esters is 1. The van der Waals surface area contributed by atoms with Crippen LogP contribution in [0, 0.1) is 13.8 Å². The van der Waals surface area contributed by atoms with Crippen LogP contribution in [0.2, 0.25) is 0 Å². The molecule has 6 nitrogen and oxygen atoms in total. The standard InChI is InChI=1S/C19H20F3N3O3/c1-10-4-5-13(11(2)6-10)15(26)9-28-18(27)14-8-17-23-12(3)7-16(19(20,21)22)25(17)24-14/h4-6,8,12,16,23H,7,9H2,1-3H3/t12-,16+/m0/s1. The van der Waals surface area contributed by atoms with Crippen LogP contribution < -0.4 is 5.32 Å². The second-order valence-electron chi connectivity index (χ2n) is 7.02. The summed E-state index contributed by atoms with van der Waals surface area (Å²) in [6.07, 6.45) is -4.69. The fraction of sp³-hybridized carbons (Fsp3) is 0.421. The van der Waals surface area contributed by atoms with Crippen molar-refractivity contribution in [3.8, 4) is 0 Å². The number of nitrogens with zero attached hydrogens (tertiary/aromatic N) is 2. The first-order chi connectivity index (χ1) is 13.1. The summed E-state index contributed by atoms with van der Waals surface area (Å²) in [5, 5.41) is 6.63. The molecule has 3 rings (SSSR count). The lowest BCUT2D eigenvalue weighted by atomic mass is 10.0. The molecule has 9 heteroatoms. The first-order valence-corrected chi connectivity index (χ1v) is 8.76. The molecule has 0 bridgehead atoms. The van der Waals surface area contributed by atoms with Crippen LogP contribution in [0.5, 0.6) is 0 Å². The lowest BCUT2D eigenvalue weighted by molar-refractivity contribution is -0.173. The smallest absolute Gasteiger partial charge is 0.410 e. The van der Waals surface area contributed by atoms with Gasteiger partial charge in [-0.05, 0) is 32.8 Å². The van der Waals surface area contributed by atoms with Gasteiger partial charge in [0.15, 0.2) is 18.3 Å². The van der Waals surface area contributed by atoms with Gasteiger partial charge in [0.05, 0.1) is 0 Å². The lowest BCUT2D eigenvalue weighted by Crippen LogP contribution is -2.37. The van der Waals surface area contributed by atoms with Crippen molar-refractivity contribution in [2.75, 3.05) is 11.9 Å². The molecule has 1 aromatic carbocycles. The van der Waals surface area contributed by atoms with Gasteiger partial charge < -0.3 is 10.1 Å². The zero-order chi connectivity index (χ0) is 20.6. The number of carbonyl (C=O) groups excluding carboxylic acids is 2. The second-order valence-corrected chi connectivity index (χ2v) is 7.02. The van der Waals surface area contributed by atoms with E-state index >= 15 is 0 Å². The average Bonchev–Trinajstić information content (AvgIpc) is 3.01. The Hall–Kier alpha value is -2.84. The van der Waals surface area contributed by atoms with E-state index in [1.165, 1.54) is 6.07 Å². The molecule has 0 radical (unpaired) electrons. The van der Waals surface area contributed by atoms with Crippen LogP contribution in [0.4, 0.5) is 19.0 Å². The molecular weight excluding hydrogens is 375 g/mol. The van der Waals surface area contributed by atoms with Crippen molar-refractivity contribution in [2.45, 2.75) is 45.5 Å². The molecule has 28 heavy (non-hydrogen) atoms. The maximum Gasteiger partial charge on any atom is 0.410 e. The zero-order valence-electron chi connectivity index (χ0n) is 15.6. The van der Waals surface area contributed by atoms with Crippen molar-refractivity contribution in [2.24, 2.45) is 0 Å². The molecule has 1 aromatic heterocycles. The average molecular weight is 395 g/mol. The third-order valence-electron chi connectivity index (χ3n) is 4.61. The molecule has 150 valence electrons. The highest BCUT2D eigenvalue weighted by molar-refractivity contribution is 6.00. The molecule has 1 aliphatic heterocycles. The lowest BCUT2D eigenvalue weighted by Gasteiger charge is -2.31. The number of fused-ring (bicyclic) bond motifs is 1. The number of ether oxygens (including phenoxy) is 1. The number of hydrogen-bond donors (Lipinski definition) is 1. The number of rotatable bonds is 4. The number of Topliss-reactive ketones (excluding diaryl/α,β-unsaturated/α-hetero) is 1. The first-order valence-electron chi connectivity index (χ1n) is 8.76. The van der Waals surface area contributed by atoms with Crippen LogP contribution in [0.3, 0.4) is 0 Å². The molecule has 1 aliphatic rings. The number of ketones is 1. The highest BCUT2D eigenvalue weighted by atomic mass is 19.4. The van der Waals surface area contributed by atoms with Crippen LogP contribution >= 0.6 is 0 Å². The summed E-state index contributed by atoms with van der Waals surface area (Å²) in [5.74, 6) is -1.25. The number of anilines is 1. The summed E-state index contributed by atoms with van der Waals surface area (Å²) in [7, 11) is 0. The quantitative estimate of drug-likeness (QED) is 0.629. The van der Waals surface area contributed by atoms with Gasteiger partial charge in [0.2, 0.25) is 5.78 Å². The van der Waals surface area contributed by atoms with E-state index in [-0.39, 0.29) is 17.9 Å². The fourth-order valence-corrected chi connectivity index (χ4v) is 3.27. The molecule has 0 saturated heterocycles. The maximum atomic E-state index is 13.3. The van der Waals surface area contributed by atoms with E-state index in [9.17, 15) is 22.8 Å². The van der Waals surface area contributed by atoms with Crippen molar-refractivity contribution >= 4 is 17.6 Å². The van der Waals surface area contributed by atoms with Crippen LogP contribution in [0.15, 0.2) is 24.3 Å². The van der Waals surface area contributed by atoms with E-state index in [0.29, 0.717) is 5.56 Å². The van der Waals surface area contributed by atoms with Crippen molar-refractivity contribution in [3.05, 3.63) is 46.6 Å². The Morgan fingerprint density at radius 2 is 2.00 bits per heavy atom. The molecular formula is C19H20F3N3O3. The van der Waals surface area contributed by atoms with Crippen LogP contribution in [0.1, 0.15) is 51.4 Å². The van der Waals surface area contributed by atoms with E-state index in [1.807, 2.05) is 13.0 Å². The summed E-state index contributed by atoms with van der Waals surface area (Å²) in [4.78, 5) is 24.5. The minimum atomic E-state index is -4.49. The molecule has 2 aromatic rings. The van der Waals surface area contributed by atoms with E-state index in [0.717, 1.165) is 15.8 Å². The largest absolute Gasteiger partial charge is 0.453 e. The summed E-state index contributed by atoms with van der Waals surface area (Å²) in [6, 6.07) is 4.22. The number of benzene rings is 1. The Labute approximate surface area is 159 Å². The highest BCUT2D eigenvalue weighted by Gasteiger charge is 2.45. The molecule has 0 fully saturated rings. The minimum Gasteiger partial charge on any atom is -0.453 e. The molecule has 0 unspecified atom stereocenters. The number of alkyl halides is 3. The van der Waals surface area contributed by atoms with Gasteiger partial charge in [-0.3, -0.25) is 4.79 Å². The number of hydrogen-bond acceptors (Lipinski definition) is 5. The van der Waals surface area contributed by atoms with E-state index in [4.69, 9.17) is 4.74 Å². The third-order valence-corrected chi connectivity index (χ3v) is 4.61. The summed E-state index contributed by atoms with van der Waals surface area (Å²) < 4.78 is 45.5. The van der Waals surface area contributed by atoms with Crippen LogP contribution in [0.25, 0.3) is 0 Å². The van der Waals surface area contributed by atoms with E-state index < -0.39 is 36.6 Å². The van der Waals surface area contributed by atoms with Gasteiger partial charge in [-0.2, -0.15) is 18.3 Å². The molecule has 0 spiro atoms. The minimum absolute atomic E-state index is 0.0914. The number of halogens is 3. The SMILES string of the molecule is Cc1ccc(C(=O)COC(=O)c2cc3n(n2)[C@@H](C(F)(F)F)C[C@H](C)N3)c(C)c1. The molecule has 2 atom stereocenters. The summed E-state index contributed by atoms with van der Waals surface area (Å²) in [6.45, 7) is 4.77. The van der Waals surface area contributed by atoms with Gasteiger partial charge in [0.1, 0.15) is 5.82 Å². The number of carbonyl (C=O) groups is 2.